The van der Waals surface area contributed by atoms with E-state index >= 15 is 0 Å². The normalized spacial score (nSPS) is 24.8. The molecule has 2 saturated heterocycles. The molecular formula is C26H17BrClN3O3. The fraction of sp³-hybridized carbons (Fsp3) is 0.154. The summed E-state index contributed by atoms with van der Waals surface area (Å²) in [6.07, 6.45) is 1.69. The molecule has 0 saturated carbocycles. The maximum atomic E-state index is 13.8. The number of hydrogen-bond acceptors (Lipinski definition) is 5. The van der Waals surface area contributed by atoms with Crippen LogP contribution in [-0.2, 0) is 9.59 Å². The Kier molecular flexibility index (Phi) is 4.93. The number of rotatable bonds is 3. The molecule has 6 rings (SSSR count). The van der Waals surface area contributed by atoms with Gasteiger partial charge in [-0.05, 0) is 53.6 Å². The van der Waals surface area contributed by atoms with Crippen LogP contribution in [0.25, 0.3) is 0 Å². The second-order valence-electron chi connectivity index (χ2n) is 8.56. The van der Waals surface area contributed by atoms with Crippen molar-refractivity contribution in [3.05, 3.63) is 99.0 Å². The van der Waals surface area contributed by atoms with E-state index in [2.05, 4.69) is 21.0 Å². The van der Waals surface area contributed by atoms with Gasteiger partial charge in [-0.1, -0.05) is 57.9 Å². The number of amides is 2. The topological polar surface area (TPSA) is 70.0 Å². The van der Waals surface area contributed by atoms with Crippen molar-refractivity contribution >= 4 is 57.0 Å². The molecule has 3 aromatic carbocycles. The number of nitrogens with zero attached hydrogens (tertiary/aromatic N) is 3. The number of halogens is 2. The van der Waals surface area contributed by atoms with E-state index < -0.39 is 23.9 Å². The number of ketones is 1. The van der Waals surface area contributed by atoms with E-state index in [-0.39, 0.29) is 17.6 Å². The standard InChI is InChI=1S/C26H17BrClN3O3/c27-16-5-3-6-18(12-16)30-25(33)20-21(26(30)34)23(24(32)14-8-10-17(28)11-9-14)31-22(20)19-7-2-1-4-15(19)13-29-31/h1-13,20-23H/t20-,21+,22-,23-/m1/s1. The lowest BCUT2D eigenvalue weighted by Gasteiger charge is -2.33. The largest absolute Gasteiger partial charge is 0.292 e. The third kappa shape index (κ3) is 3.07. The molecule has 0 spiro atoms. The first-order chi connectivity index (χ1) is 16.5. The highest BCUT2D eigenvalue weighted by atomic mass is 79.9. The Morgan fingerprint density at radius 1 is 0.912 bits per heavy atom. The molecule has 168 valence electrons. The number of hydrazone groups is 1. The minimum absolute atomic E-state index is 0.261. The Balaban J connectivity index is 1.50. The first-order valence-corrected chi connectivity index (χ1v) is 12.0. The fourth-order valence-electron chi connectivity index (χ4n) is 5.32. The molecule has 0 aliphatic carbocycles. The van der Waals surface area contributed by atoms with Gasteiger partial charge < -0.3 is 0 Å². The lowest BCUT2D eigenvalue weighted by atomic mass is 9.83. The van der Waals surface area contributed by atoms with Crippen LogP contribution < -0.4 is 4.90 Å². The minimum Gasteiger partial charge on any atom is -0.292 e. The van der Waals surface area contributed by atoms with Crippen molar-refractivity contribution in [1.29, 1.82) is 0 Å². The molecule has 8 heteroatoms. The molecule has 34 heavy (non-hydrogen) atoms. The highest BCUT2D eigenvalue weighted by Crippen LogP contribution is 2.53. The predicted octanol–water partition coefficient (Wildman–Crippen LogP) is 4.86. The van der Waals surface area contributed by atoms with Crippen LogP contribution >= 0.6 is 27.5 Å². The highest BCUT2D eigenvalue weighted by Gasteiger charge is 2.65. The van der Waals surface area contributed by atoms with Gasteiger partial charge in [-0.3, -0.25) is 19.4 Å². The quantitative estimate of drug-likeness (QED) is 0.355. The van der Waals surface area contributed by atoms with Gasteiger partial charge in [0.15, 0.2) is 5.78 Å². The van der Waals surface area contributed by atoms with Crippen molar-refractivity contribution < 1.29 is 14.4 Å². The molecule has 2 amide bonds. The summed E-state index contributed by atoms with van der Waals surface area (Å²) in [5.41, 5.74) is 2.67. The van der Waals surface area contributed by atoms with Crippen LogP contribution in [0.4, 0.5) is 5.69 Å². The molecule has 3 aromatic rings. The summed E-state index contributed by atoms with van der Waals surface area (Å²) in [5.74, 6) is -2.55. The van der Waals surface area contributed by atoms with Gasteiger partial charge in [0.1, 0.15) is 6.04 Å². The maximum absolute atomic E-state index is 13.8. The highest BCUT2D eigenvalue weighted by molar-refractivity contribution is 9.10. The summed E-state index contributed by atoms with van der Waals surface area (Å²) in [6, 6.07) is 19.9. The molecule has 3 heterocycles. The average molecular weight is 535 g/mol. The minimum atomic E-state index is -0.908. The number of carbonyl (C=O) groups excluding carboxylic acids is 3. The van der Waals surface area contributed by atoms with E-state index in [1.165, 1.54) is 4.90 Å². The molecule has 0 radical (unpaired) electrons. The summed E-state index contributed by atoms with van der Waals surface area (Å²) in [4.78, 5) is 42.6. The Hall–Kier alpha value is -3.29. The Labute approximate surface area is 208 Å². The van der Waals surface area contributed by atoms with Gasteiger partial charge in [-0.25, -0.2) is 4.90 Å². The number of carbonyl (C=O) groups is 3. The third-order valence-corrected chi connectivity index (χ3v) is 7.50. The summed E-state index contributed by atoms with van der Waals surface area (Å²) >= 11 is 9.44. The monoisotopic (exact) mass is 533 g/mol. The zero-order chi connectivity index (χ0) is 23.6. The molecule has 2 fully saturated rings. The van der Waals surface area contributed by atoms with E-state index in [1.807, 2.05) is 30.3 Å². The van der Waals surface area contributed by atoms with Crippen LogP contribution in [0, 0.1) is 11.8 Å². The molecule has 0 bridgehead atoms. The van der Waals surface area contributed by atoms with E-state index in [0.717, 1.165) is 15.6 Å². The lowest BCUT2D eigenvalue weighted by Crippen LogP contribution is -2.44. The van der Waals surface area contributed by atoms with E-state index in [4.69, 9.17) is 11.6 Å². The number of fused-ring (bicyclic) bond motifs is 5. The van der Waals surface area contributed by atoms with Crippen molar-refractivity contribution in [2.45, 2.75) is 12.1 Å². The Morgan fingerprint density at radius 2 is 1.65 bits per heavy atom. The van der Waals surface area contributed by atoms with Crippen molar-refractivity contribution in [2.75, 3.05) is 4.90 Å². The lowest BCUT2D eigenvalue weighted by molar-refractivity contribution is -0.124. The van der Waals surface area contributed by atoms with Crippen LogP contribution in [0.1, 0.15) is 27.5 Å². The molecule has 0 N–H and O–H groups in total. The SMILES string of the molecule is O=C(c1ccc(Cl)cc1)[C@H]1[C@H]2C(=O)N(c3cccc(Br)c3)C(=O)[C@H]2[C@H]2c3ccccc3C=NN21. The smallest absolute Gasteiger partial charge is 0.240 e. The fourth-order valence-corrected chi connectivity index (χ4v) is 5.84. The molecule has 3 aliphatic rings. The maximum Gasteiger partial charge on any atom is 0.240 e. The zero-order valence-electron chi connectivity index (χ0n) is 17.6. The van der Waals surface area contributed by atoms with Gasteiger partial charge in [0.2, 0.25) is 11.8 Å². The van der Waals surface area contributed by atoms with Gasteiger partial charge in [-0.2, -0.15) is 5.10 Å². The first-order valence-electron chi connectivity index (χ1n) is 10.8. The van der Waals surface area contributed by atoms with Crippen molar-refractivity contribution in [3.8, 4) is 0 Å². The van der Waals surface area contributed by atoms with Crippen LogP contribution in [0.3, 0.4) is 0 Å². The van der Waals surface area contributed by atoms with Crippen molar-refractivity contribution in [3.63, 3.8) is 0 Å². The predicted molar refractivity (Wildman–Crippen MR) is 132 cm³/mol. The number of imide groups is 1. The van der Waals surface area contributed by atoms with Crippen LogP contribution in [0.5, 0.6) is 0 Å². The molecule has 0 aromatic heterocycles. The second kappa shape index (κ2) is 7.89. The number of hydrogen-bond donors (Lipinski definition) is 0. The van der Waals surface area contributed by atoms with Crippen molar-refractivity contribution in [2.24, 2.45) is 16.9 Å². The summed E-state index contributed by atoms with van der Waals surface area (Å²) in [7, 11) is 0. The van der Waals surface area contributed by atoms with Gasteiger partial charge >= 0.3 is 0 Å². The molecular weight excluding hydrogens is 518 g/mol. The molecule has 6 nitrogen and oxygen atoms in total. The number of benzene rings is 3. The van der Waals surface area contributed by atoms with Gasteiger partial charge in [0.25, 0.3) is 0 Å². The molecule has 4 atom stereocenters. The Morgan fingerprint density at radius 3 is 2.41 bits per heavy atom. The second-order valence-corrected chi connectivity index (χ2v) is 9.91. The van der Waals surface area contributed by atoms with E-state index in [9.17, 15) is 14.4 Å². The molecule has 3 aliphatic heterocycles. The summed E-state index contributed by atoms with van der Waals surface area (Å²) in [6.45, 7) is 0. The van der Waals surface area contributed by atoms with Gasteiger partial charge in [-0.15, -0.1) is 0 Å². The van der Waals surface area contributed by atoms with Crippen LogP contribution in [0.2, 0.25) is 5.02 Å². The zero-order valence-corrected chi connectivity index (χ0v) is 20.0. The van der Waals surface area contributed by atoms with Crippen molar-refractivity contribution in [1.82, 2.24) is 5.01 Å². The van der Waals surface area contributed by atoms with Gasteiger partial charge in [0, 0.05) is 15.1 Å². The first kappa shape index (κ1) is 21.3. The van der Waals surface area contributed by atoms with Gasteiger partial charge in [0.05, 0.1) is 29.8 Å². The molecule has 0 unspecified atom stereocenters. The Bertz CT molecular complexity index is 1390. The van der Waals surface area contributed by atoms with Crippen LogP contribution in [0.15, 0.2) is 82.4 Å². The summed E-state index contributed by atoms with van der Waals surface area (Å²) in [5, 5.41) is 6.74. The average Bonchev–Trinajstić information content (AvgIpc) is 3.31. The van der Waals surface area contributed by atoms with Crippen LogP contribution in [-0.4, -0.2) is 34.9 Å². The number of Topliss-reactive ketones (excluding diaryl/α,β-unsaturated/α-hetero) is 1. The van der Waals surface area contributed by atoms with E-state index in [1.54, 1.807) is 53.7 Å². The van der Waals surface area contributed by atoms with E-state index in [0.29, 0.717) is 16.3 Å². The third-order valence-electron chi connectivity index (χ3n) is 6.76. The summed E-state index contributed by atoms with van der Waals surface area (Å²) < 4.78 is 0.755. The number of anilines is 1.